The first-order valence-corrected chi connectivity index (χ1v) is 4.93. The normalized spacial score (nSPS) is 20.0. The Bertz CT molecular complexity index is 123. The van der Waals surface area contributed by atoms with Gasteiger partial charge in [0.25, 0.3) is 0 Å². The summed E-state index contributed by atoms with van der Waals surface area (Å²) in [6, 6.07) is 0. The summed E-state index contributed by atoms with van der Waals surface area (Å²) in [5.74, 6) is 1.03. The van der Waals surface area contributed by atoms with Crippen molar-refractivity contribution in [1.29, 1.82) is 0 Å². The SMILES string of the molecule is BC(=C)CCC1CCCCC1. The first kappa shape index (κ1) is 8.90. The molecule has 0 spiro atoms. The standard InChI is InChI=1S/C10H19B/c1-9(11)7-8-10-5-3-2-4-6-10/h10H,1-8,11H2. The summed E-state index contributed by atoms with van der Waals surface area (Å²) in [7, 11) is 2.14. The Labute approximate surface area is 71.5 Å². The van der Waals surface area contributed by atoms with Crippen LogP contribution in [-0.4, -0.2) is 7.85 Å². The van der Waals surface area contributed by atoms with E-state index in [1.54, 1.807) is 0 Å². The van der Waals surface area contributed by atoms with Crippen LogP contribution in [0.25, 0.3) is 0 Å². The zero-order chi connectivity index (χ0) is 8.10. The fraction of sp³-hybridized carbons (Fsp3) is 0.800. The topological polar surface area (TPSA) is 0 Å². The average Bonchev–Trinajstić information content (AvgIpc) is 2.03. The summed E-state index contributed by atoms with van der Waals surface area (Å²) >= 11 is 0. The Hall–Kier alpha value is -0.195. The van der Waals surface area contributed by atoms with Gasteiger partial charge in [0, 0.05) is 0 Å². The molecular formula is C10H19B. The lowest BCUT2D eigenvalue weighted by molar-refractivity contribution is 0.340. The Kier molecular flexibility index (Phi) is 3.75. The number of hydrogen-bond donors (Lipinski definition) is 0. The van der Waals surface area contributed by atoms with E-state index in [9.17, 15) is 0 Å². The molecule has 1 fully saturated rings. The highest BCUT2D eigenvalue weighted by atomic mass is 14.2. The van der Waals surface area contributed by atoms with Gasteiger partial charge in [-0.1, -0.05) is 32.1 Å². The molecular weight excluding hydrogens is 131 g/mol. The van der Waals surface area contributed by atoms with Crippen molar-refractivity contribution < 1.29 is 0 Å². The fourth-order valence-electron chi connectivity index (χ4n) is 1.93. The van der Waals surface area contributed by atoms with Gasteiger partial charge in [-0.05, 0) is 18.8 Å². The largest absolute Gasteiger partial charge is 0.133 e. The van der Waals surface area contributed by atoms with E-state index in [-0.39, 0.29) is 0 Å². The van der Waals surface area contributed by atoms with E-state index in [4.69, 9.17) is 0 Å². The molecule has 0 nitrogen and oxygen atoms in total. The fourth-order valence-corrected chi connectivity index (χ4v) is 1.93. The molecule has 0 aromatic carbocycles. The summed E-state index contributed by atoms with van der Waals surface area (Å²) < 4.78 is 0. The van der Waals surface area contributed by atoms with Crippen molar-refractivity contribution in [3.63, 3.8) is 0 Å². The van der Waals surface area contributed by atoms with E-state index in [0.29, 0.717) is 0 Å². The molecule has 0 aromatic heterocycles. The summed E-state index contributed by atoms with van der Waals surface area (Å²) in [5.41, 5.74) is 1.36. The Balaban J connectivity index is 2.09. The molecule has 1 saturated carbocycles. The highest BCUT2D eigenvalue weighted by Gasteiger charge is 2.12. The average molecular weight is 150 g/mol. The molecule has 0 bridgehead atoms. The zero-order valence-electron chi connectivity index (χ0n) is 7.73. The number of hydrogen-bond acceptors (Lipinski definition) is 0. The molecule has 11 heavy (non-hydrogen) atoms. The van der Waals surface area contributed by atoms with Crippen LogP contribution in [0.1, 0.15) is 44.9 Å². The van der Waals surface area contributed by atoms with E-state index in [1.165, 1.54) is 50.4 Å². The second-order valence-corrected chi connectivity index (χ2v) is 4.00. The van der Waals surface area contributed by atoms with Gasteiger partial charge in [-0.3, -0.25) is 0 Å². The Morgan fingerprint density at radius 1 is 1.27 bits per heavy atom. The minimum absolute atomic E-state index is 1.03. The third kappa shape index (κ3) is 3.64. The van der Waals surface area contributed by atoms with Crippen LogP contribution in [0, 0.1) is 5.92 Å². The lowest BCUT2D eigenvalue weighted by atomic mass is 9.82. The minimum atomic E-state index is 1.03. The van der Waals surface area contributed by atoms with Crippen molar-refractivity contribution >= 4 is 7.85 Å². The summed E-state index contributed by atoms with van der Waals surface area (Å²) in [6.45, 7) is 3.94. The third-order valence-electron chi connectivity index (χ3n) is 2.70. The third-order valence-corrected chi connectivity index (χ3v) is 2.70. The van der Waals surface area contributed by atoms with E-state index in [1.807, 2.05) is 0 Å². The van der Waals surface area contributed by atoms with Crippen LogP contribution in [0.3, 0.4) is 0 Å². The lowest BCUT2D eigenvalue weighted by Gasteiger charge is -2.21. The molecule has 0 radical (unpaired) electrons. The summed E-state index contributed by atoms with van der Waals surface area (Å²) in [5, 5.41) is 0. The maximum Gasteiger partial charge on any atom is 0.133 e. The maximum atomic E-state index is 3.94. The van der Waals surface area contributed by atoms with Gasteiger partial charge in [-0.25, -0.2) is 0 Å². The molecule has 0 saturated heterocycles. The zero-order valence-corrected chi connectivity index (χ0v) is 7.73. The molecule has 0 atom stereocenters. The van der Waals surface area contributed by atoms with Gasteiger partial charge in [0.2, 0.25) is 0 Å². The van der Waals surface area contributed by atoms with Gasteiger partial charge >= 0.3 is 0 Å². The van der Waals surface area contributed by atoms with E-state index < -0.39 is 0 Å². The van der Waals surface area contributed by atoms with Gasteiger partial charge in [0.15, 0.2) is 0 Å². The monoisotopic (exact) mass is 150 g/mol. The van der Waals surface area contributed by atoms with Crippen LogP contribution < -0.4 is 0 Å². The van der Waals surface area contributed by atoms with Crippen molar-refractivity contribution in [2.75, 3.05) is 0 Å². The Morgan fingerprint density at radius 3 is 2.45 bits per heavy atom. The van der Waals surface area contributed by atoms with Gasteiger partial charge < -0.3 is 0 Å². The maximum absolute atomic E-state index is 3.94. The van der Waals surface area contributed by atoms with Crippen molar-refractivity contribution in [2.24, 2.45) is 5.92 Å². The van der Waals surface area contributed by atoms with E-state index in [2.05, 4.69) is 14.4 Å². The molecule has 62 valence electrons. The van der Waals surface area contributed by atoms with Crippen LogP contribution >= 0.6 is 0 Å². The summed E-state index contributed by atoms with van der Waals surface area (Å²) in [4.78, 5) is 0. The van der Waals surface area contributed by atoms with Crippen molar-refractivity contribution in [1.82, 2.24) is 0 Å². The predicted molar refractivity (Wildman–Crippen MR) is 53.5 cm³/mol. The quantitative estimate of drug-likeness (QED) is 0.542. The number of rotatable bonds is 3. The molecule has 0 aromatic rings. The highest BCUT2D eigenvalue weighted by molar-refractivity contribution is 6.21. The smallest absolute Gasteiger partial charge is 0.117 e. The predicted octanol–water partition coefficient (Wildman–Crippen LogP) is 2.49. The second-order valence-electron chi connectivity index (χ2n) is 4.00. The van der Waals surface area contributed by atoms with Gasteiger partial charge in [0.1, 0.15) is 7.85 Å². The minimum Gasteiger partial charge on any atom is -0.117 e. The Morgan fingerprint density at radius 2 is 1.91 bits per heavy atom. The molecule has 0 N–H and O–H groups in total. The number of allylic oxidation sites excluding steroid dienone is 1. The van der Waals surface area contributed by atoms with Crippen LogP contribution in [-0.2, 0) is 0 Å². The van der Waals surface area contributed by atoms with Gasteiger partial charge in [-0.15, -0.1) is 12.1 Å². The molecule has 1 aliphatic carbocycles. The van der Waals surface area contributed by atoms with E-state index in [0.717, 1.165) is 5.92 Å². The highest BCUT2D eigenvalue weighted by Crippen LogP contribution is 2.27. The molecule has 0 amide bonds. The van der Waals surface area contributed by atoms with Crippen LogP contribution in [0.5, 0.6) is 0 Å². The van der Waals surface area contributed by atoms with Crippen LogP contribution in [0.15, 0.2) is 12.1 Å². The molecule has 1 rings (SSSR count). The van der Waals surface area contributed by atoms with Crippen molar-refractivity contribution in [3.8, 4) is 0 Å². The molecule has 0 heterocycles. The molecule has 1 heteroatoms. The van der Waals surface area contributed by atoms with Crippen molar-refractivity contribution in [2.45, 2.75) is 44.9 Å². The first-order valence-electron chi connectivity index (χ1n) is 4.93. The van der Waals surface area contributed by atoms with Crippen LogP contribution in [0.2, 0.25) is 0 Å². The van der Waals surface area contributed by atoms with Gasteiger partial charge in [0.05, 0.1) is 0 Å². The molecule has 0 aliphatic heterocycles. The summed E-state index contributed by atoms with van der Waals surface area (Å²) in [6.07, 6.45) is 10.0. The second kappa shape index (κ2) is 4.64. The molecule has 0 unspecified atom stereocenters. The van der Waals surface area contributed by atoms with Crippen LogP contribution in [0.4, 0.5) is 0 Å². The lowest BCUT2D eigenvalue weighted by Crippen LogP contribution is -2.06. The first-order chi connectivity index (χ1) is 5.29. The molecule has 1 aliphatic rings. The van der Waals surface area contributed by atoms with Gasteiger partial charge in [-0.2, -0.15) is 0 Å². The van der Waals surface area contributed by atoms with Crippen molar-refractivity contribution in [3.05, 3.63) is 12.1 Å². The van der Waals surface area contributed by atoms with E-state index >= 15 is 0 Å².